The van der Waals surface area contributed by atoms with Crippen LogP contribution in [0.2, 0.25) is 0 Å². The first-order valence-corrected chi connectivity index (χ1v) is 25.5. The first kappa shape index (κ1) is 58.4. The molecule has 0 radical (unpaired) electrons. The summed E-state index contributed by atoms with van der Waals surface area (Å²) < 4.78 is 35.0. The second-order valence-corrected chi connectivity index (χ2v) is 18.2. The number of nitrogens with zero attached hydrogens (tertiary/aromatic N) is 1. The lowest BCUT2D eigenvalue weighted by Crippen LogP contribution is -2.37. The summed E-state index contributed by atoms with van der Waals surface area (Å²) in [6.45, 7) is 5.39. The van der Waals surface area contributed by atoms with Crippen LogP contribution >= 0.6 is 7.82 Å². The van der Waals surface area contributed by atoms with Crippen LogP contribution in [-0.2, 0) is 27.9 Å². The summed E-state index contributed by atoms with van der Waals surface area (Å²) in [7, 11) is 1.63. The van der Waals surface area contributed by atoms with Crippen molar-refractivity contribution >= 4 is 13.8 Å². The van der Waals surface area contributed by atoms with Crippen LogP contribution in [0.3, 0.4) is 0 Å². The van der Waals surface area contributed by atoms with Gasteiger partial charge in [0.2, 0.25) is 0 Å². The largest absolute Gasteiger partial charge is 0.472 e. The topological polar surface area (TPSA) is 91.3 Å². The molecule has 0 saturated heterocycles. The lowest BCUT2D eigenvalue weighted by molar-refractivity contribution is -0.870. The third-order valence-electron chi connectivity index (χ3n) is 9.63. The number of rotatable bonds is 43. The molecule has 0 rings (SSSR count). The molecule has 2 unspecified atom stereocenters. The van der Waals surface area contributed by atoms with Crippen molar-refractivity contribution in [2.75, 3.05) is 54.1 Å². The summed E-state index contributed by atoms with van der Waals surface area (Å²) in [5.41, 5.74) is 0. The smallest absolute Gasteiger partial charge is 0.457 e. The number of unbranched alkanes of at least 4 members (excludes halogenated alkanes) is 13. The predicted molar refractivity (Wildman–Crippen MR) is 261 cm³/mol. The van der Waals surface area contributed by atoms with Gasteiger partial charge in [-0.15, -0.1) is 0 Å². The van der Waals surface area contributed by atoms with Gasteiger partial charge in [-0.3, -0.25) is 13.8 Å². The van der Waals surface area contributed by atoms with Crippen LogP contribution in [-0.4, -0.2) is 75.6 Å². The van der Waals surface area contributed by atoms with Gasteiger partial charge in [0.15, 0.2) is 0 Å². The highest BCUT2D eigenvalue weighted by atomic mass is 31.2. The molecule has 0 saturated carbocycles. The standard InChI is InChI=1S/C52H90NO7P/c1-6-8-10-12-14-16-18-20-22-23-24-25-26-27-28-29-30-32-34-36-38-40-42-44-47-57-49-51(50-59-61(55,56)58-48-46-53(3,4)5)60-52(54)45-43-41-39-37-35-33-31-21-19-17-15-13-11-9-7-2/h8,10,14-17,20-22,24-25,27-28,30-32,51H,6-7,9,11-13,18-19,23,26,29,33-50H2,1-5H3/p+1/b10-8-,16-14-,17-15-,22-20-,25-24-,28-27-,31-21-,32-30-. The molecule has 0 fully saturated rings. The number of hydrogen-bond donors (Lipinski definition) is 1. The number of allylic oxidation sites excluding steroid dienone is 16. The van der Waals surface area contributed by atoms with Crippen LogP contribution in [0.5, 0.6) is 0 Å². The highest BCUT2D eigenvalue weighted by molar-refractivity contribution is 7.47. The van der Waals surface area contributed by atoms with Crippen molar-refractivity contribution in [1.29, 1.82) is 0 Å². The van der Waals surface area contributed by atoms with Gasteiger partial charge in [-0.05, 0) is 96.3 Å². The number of carbonyl (C=O) groups is 1. The number of ether oxygens (including phenoxy) is 2. The lowest BCUT2D eigenvalue weighted by Gasteiger charge is -2.24. The van der Waals surface area contributed by atoms with Gasteiger partial charge >= 0.3 is 13.8 Å². The Morgan fingerprint density at radius 1 is 0.525 bits per heavy atom. The van der Waals surface area contributed by atoms with Gasteiger partial charge in [0.05, 0.1) is 34.4 Å². The monoisotopic (exact) mass is 873 g/mol. The molecule has 9 heteroatoms. The third-order valence-corrected chi connectivity index (χ3v) is 10.6. The summed E-state index contributed by atoms with van der Waals surface area (Å²) in [6.07, 6.45) is 60.2. The Hall–Kier alpha value is -2.58. The van der Waals surface area contributed by atoms with Crippen molar-refractivity contribution in [3.05, 3.63) is 97.2 Å². The first-order chi connectivity index (χ1) is 29.6. The SMILES string of the molecule is CC/C=C\C/C=C\C/C=C\C/C=C\C/C=C\C/C=C\CCCCCCCOCC(COP(=O)(O)OCC[N+](C)(C)C)OC(=O)CCCCCCC/C=C\C/C=C\CCCCC. The maximum absolute atomic E-state index is 12.7. The Labute approximate surface area is 375 Å². The highest BCUT2D eigenvalue weighted by Crippen LogP contribution is 2.43. The molecule has 61 heavy (non-hydrogen) atoms. The van der Waals surface area contributed by atoms with Crippen LogP contribution in [0.4, 0.5) is 0 Å². The molecule has 0 amide bonds. The van der Waals surface area contributed by atoms with Gasteiger partial charge in [-0.2, -0.15) is 0 Å². The Kier molecular flexibility index (Phi) is 42.2. The van der Waals surface area contributed by atoms with E-state index in [0.29, 0.717) is 24.1 Å². The molecule has 8 nitrogen and oxygen atoms in total. The van der Waals surface area contributed by atoms with Gasteiger partial charge in [-0.25, -0.2) is 4.57 Å². The van der Waals surface area contributed by atoms with Crippen molar-refractivity contribution in [1.82, 2.24) is 0 Å². The van der Waals surface area contributed by atoms with Crippen LogP contribution in [0.25, 0.3) is 0 Å². The molecule has 2 atom stereocenters. The fourth-order valence-corrected chi connectivity index (χ4v) is 6.68. The number of quaternary nitrogens is 1. The fourth-order valence-electron chi connectivity index (χ4n) is 5.94. The highest BCUT2D eigenvalue weighted by Gasteiger charge is 2.26. The molecule has 0 aromatic rings. The molecule has 0 bridgehead atoms. The minimum Gasteiger partial charge on any atom is -0.457 e. The predicted octanol–water partition coefficient (Wildman–Crippen LogP) is 14.6. The van der Waals surface area contributed by atoms with Crippen molar-refractivity contribution < 1.29 is 37.3 Å². The average Bonchev–Trinajstić information content (AvgIpc) is 3.22. The Morgan fingerprint density at radius 3 is 1.43 bits per heavy atom. The summed E-state index contributed by atoms with van der Waals surface area (Å²) in [4.78, 5) is 22.9. The van der Waals surface area contributed by atoms with Gasteiger partial charge in [0.1, 0.15) is 19.3 Å². The van der Waals surface area contributed by atoms with E-state index < -0.39 is 13.9 Å². The zero-order chi connectivity index (χ0) is 44.8. The minimum absolute atomic E-state index is 0.0758. The maximum Gasteiger partial charge on any atom is 0.472 e. The van der Waals surface area contributed by atoms with E-state index in [-0.39, 0.29) is 25.8 Å². The van der Waals surface area contributed by atoms with E-state index in [2.05, 4.69) is 111 Å². The van der Waals surface area contributed by atoms with Crippen molar-refractivity contribution in [3.8, 4) is 0 Å². The number of carbonyl (C=O) groups excluding carboxylic acids is 1. The van der Waals surface area contributed by atoms with Gasteiger partial charge < -0.3 is 18.9 Å². The second kappa shape index (κ2) is 44.0. The van der Waals surface area contributed by atoms with Gasteiger partial charge in [0.25, 0.3) is 0 Å². The van der Waals surface area contributed by atoms with Crippen LogP contribution < -0.4 is 0 Å². The summed E-state index contributed by atoms with van der Waals surface area (Å²) in [5.74, 6) is -0.339. The van der Waals surface area contributed by atoms with E-state index in [1.165, 1.54) is 38.5 Å². The molecule has 0 aliphatic rings. The Morgan fingerprint density at radius 2 is 0.951 bits per heavy atom. The Balaban J connectivity index is 4.26. The molecular formula is C52H91NO7P+. The molecule has 0 aromatic heterocycles. The molecule has 350 valence electrons. The van der Waals surface area contributed by atoms with E-state index in [0.717, 1.165) is 109 Å². The van der Waals surface area contributed by atoms with E-state index >= 15 is 0 Å². The minimum atomic E-state index is -4.29. The van der Waals surface area contributed by atoms with Crippen LogP contribution in [0.15, 0.2) is 97.2 Å². The molecule has 0 aliphatic heterocycles. The normalized spacial score (nSPS) is 14.5. The number of phosphoric ester groups is 1. The third kappa shape index (κ3) is 48.3. The summed E-state index contributed by atoms with van der Waals surface area (Å²) >= 11 is 0. The number of esters is 1. The van der Waals surface area contributed by atoms with Crippen molar-refractivity contribution in [2.45, 2.75) is 174 Å². The molecule has 0 aromatic carbocycles. The van der Waals surface area contributed by atoms with Gasteiger partial charge in [-0.1, -0.05) is 162 Å². The van der Waals surface area contributed by atoms with E-state index in [9.17, 15) is 14.3 Å². The fraction of sp³-hybridized carbons (Fsp3) is 0.673. The van der Waals surface area contributed by atoms with Crippen molar-refractivity contribution in [3.63, 3.8) is 0 Å². The summed E-state index contributed by atoms with van der Waals surface area (Å²) in [5, 5.41) is 0. The van der Waals surface area contributed by atoms with E-state index in [4.69, 9.17) is 18.5 Å². The summed E-state index contributed by atoms with van der Waals surface area (Å²) in [6, 6.07) is 0. The molecular weight excluding hydrogens is 782 g/mol. The van der Waals surface area contributed by atoms with Crippen LogP contribution in [0, 0.1) is 0 Å². The van der Waals surface area contributed by atoms with E-state index in [1.807, 2.05) is 21.1 Å². The molecule has 0 spiro atoms. The van der Waals surface area contributed by atoms with Gasteiger partial charge in [0, 0.05) is 13.0 Å². The quantitative estimate of drug-likeness (QED) is 0.0214. The molecule has 1 N–H and O–H groups in total. The van der Waals surface area contributed by atoms with Crippen LogP contribution in [0.1, 0.15) is 168 Å². The lowest BCUT2D eigenvalue weighted by atomic mass is 10.1. The number of likely N-dealkylation sites (N-methyl/N-ethyl adjacent to an activating group) is 1. The van der Waals surface area contributed by atoms with E-state index in [1.54, 1.807) is 0 Å². The zero-order valence-electron chi connectivity index (χ0n) is 39.6. The number of phosphoric acid groups is 1. The second-order valence-electron chi connectivity index (χ2n) is 16.8. The van der Waals surface area contributed by atoms with Crippen molar-refractivity contribution in [2.24, 2.45) is 0 Å². The molecule has 0 heterocycles. The first-order valence-electron chi connectivity index (χ1n) is 24.0. The maximum atomic E-state index is 12.7. The molecule has 0 aliphatic carbocycles. The Bertz CT molecular complexity index is 1290. The number of hydrogen-bond acceptors (Lipinski definition) is 6. The average molecular weight is 873 g/mol. The zero-order valence-corrected chi connectivity index (χ0v) is 40.5.